The van der Waals surface area contributed by atoms with Gasteiger partial charge in [-0.25, -0.2) is 4.99 Å². The molecule has 0 aliphatic rings. The highest BCUT2D eigenvalue weighted by Gasteiger charge is 2.07. The third-order valence-electron chi connectivity index (χ3n) is 3.36. The second-order valence-corrected chi connectivity index (χ2v) is 6.29. The number of nitrogens with one attached hydrogen (secondary N) is 3. The number of hydrogen-bond acceptors (Lipinski definition) is 3. The van der Waals surface area contributed by atoms with Crippen molar-refractivity contribution in [2.45, 2.75) is 20.4 Å². The van der Waals surface area contributed by atoms with Gasteiger partial charge in [0.05, 0.1) is 18.8 Å². The third-order valence-corrected chi connectivity index (χ3v) is 3.85. The van der Waals surface area contributed by atoms with Crippen LogP contribution >= 0.6 is 15.9 Å². The Bertz CT molecular complexity index is 734. The second kappa shape index (κ2) is 9.78. The Kier molecular flexibility index (Phi) is 7.40. The highest BCUT2D eigenvalue weighted by Crippen LogP contribution is 2.20. The van der Waals surface area contributed by atoms with Crippen LogP contribution in [0.2, 0.25) is 0 Å². The number of pyridine rings is 1. The standard InChI is InChI=1S/C18H22BrN5O/c1-3-20-18(22-11-15-6-4-5-9-21-15)23-12-17(25)24-16-10-14(19)8-7-13(16)2/h4-10H,3,11-12H2,1-2H3,(H,24,25)(H2,20,22,23). The summed E-state index contributed by atoms with van der Waals surface area (Å²) in [6.45, 7) is 5.21. The summed E-state index contributed by atoms with van der Waals surface area (Å²) in [5.74, 6) is 0.443. The molecular weight excluding hydrogens is 382 g/mol. The van der Waals surface area contributed by atoms with Gasteiger partial charge in [0, 0.05) is 22.9 Å². The molecule has 7 heteroatoms. The van der Waals surface area contributed by atoms with Crippen LogP contribution < -0.4 is 16.0 Å². The molecule has 0 bridgehead atoms. The molecular formula is C18H22BrN5O. The first-order chi connectivity index (χ1) is 12.1. The number of aromatic nitrogens is 1. The minimum absolute atomic E-state index is 0.125. The summed E-state index contributed by atoms with van der Waals surface area (Å²) in [4.78, 5) is 20.8. The number of aliphatic imine (C=N–C) groups is 1. The summed E-state index contributed by atoms with van der Waals surface area (Å²) in [7, 11) is 0. The van der Waals surface area contributed by atoms with Crippen LogP contribution in [0.3, 0.4) is 0 Å². The Balaban J connectivity index is 1.91. The minimum atomic E-state index is -0.135. The van der Waals surface area contributed by atoms with Crippen LogP contribution in [0.15, 0.2) is 52.1 Å². The molecule has 6 nitrogen and oxygen atoms in total. The number of anilines is 1. The molecule has 132 valence electrons. The van der Waals surface area contributed by atoms with Gasteiger partial charge in [-0.15, -0.1) is 0 Å². The van der Waals surface area contributed by atoms with Crippen molar-refractivity contribution in [3.63, 3.8) is 0 Å². The highest BCUT2D eigenvalue weighted by atomic mass is 79.9. The monoisotopic (exact) mass is 403 g/mol. The van der Waals surface area contributed by atoms with E-state index >= 15 is 0 Å². The fraction of sp³-hybridized carbons (Fsp3) is 0.278. The molecule has 0 radical (unpaired) electrons. The maximum atomic E-state index is 12.2. The Hall–Kier alpha value is -2.41. The molecule has 0 saturated heterocycles. The largest absolute Gasteiger partial charge is 0.357 e. The summed E-state index contributed by atoms with van der Waals surface area (Å²) in [6, 6.07) is 11.5. The zero-order valence-corrected chi connectivity index (χ0v) is 15.9. The molecule has 2 rings (SSSR count). The van der Waals surface area contributed by atoms with E-state index in [4.69, 9.17) is 0 Å². The molecule has 0 atom stereocenters. The summed E-state index contributed by atoms with van der Waals surface area (Å²) >= 11 is 3.41. The summed E-state index contributed by atoms with van der Waals surface area (Å²) in [5, 5.41) is 9.04. The first-order valence-electron chi connectivity index (χ1n) is 8.06. The number of aryl methyl sites for hydroxylation is 1. The van der Waals surface area contributed by atoms with Crippen LogP contribution in [0.5, 0.6) is 0 Å². The number of amides is 1. The van der Waals surface area contributed by atoms with E-state index in [0.717, 1.165) is 21.4 Å². The number of nitrogens with zero attached hydrogens (tertiary/aromatic N) is 2. The maximum absolute atomic E-state index is 12.2. The Morgan fingerprint density at radius 1 is 1.24 bits per heavy atom. The van der Waals surface area contributed by atoms with Crippen LogP contribution in [0.4, 0.5) is 5.69 Å². The third kappa shape index (κ3) is 6.54. The van der Waals surface area contributed by atoms with E-state index in [1.807, 2.05) is 50.2 Å². The lowest BCUT2D eigenvalue weighted by Gasteiger charge is -2.12. The highest BCUT2D eigenvalue weighted by molar-refractivity contribution is 9.10. The molecule has 1 heterocycles. The van der Waals surface area contributed by atoms with E-state index in [1.54, 1.807) is 6.20 Å². The number of rotatable bonds is 6. The first-order valence-corrected chi connectivity index (χ1v) is 8.86. The van der Waals surface area contributed by atoms with Crippen LogP contribution in [-0.2, 0) is 11.3 Å². The van der Waals surface area contributed by atoms with Crippen molar-refractivity contribution in [3.8, 4) is 0 Å². The van der Waals surface area contributed by atoms with Crippen LogP contribution in [-0.4, -0.2) is 29.9 Å². The molecule has 1 amide bonds. The van der Waals surface area contributed by atoms with E-state index in [2.05, 4.69) is 41.9 Å². The molecule has 2 aromatic rings. The lowest BCUT2D eigenvalue weighted by atomic mass is 10.2. The van der Waals surface area contributed by atoms with Gasteiger partial charge in [-0.3, -0.25) is 9.78 Å². The van der Waals surface area contributed by atoms with Crippen molar-refractivity contribution in [1.29, 1.82) is 0 Å². The van der Waals surface area contributed by atoms with E-state index in [-0.39, 0.29) is 12.5 Å². The average Bonchev–Trinajstić information content (AvgIpc) is 2.61. The maximum Gasteiger partial charge on any atom is 0.243 e. The van der Waals surface area contributed by atoms with Crippen molar-refractivity contribution in [2.24, 2.45) is 4.99 Å². The fourth-order valence-corrected chi connectivity index (χ4v) is 2.44. The molecule has 0 spiro atoms. The molecule has 25 heavy (non-hydrogen) atoms. The zero-order chi connectivity index (χ0) is 18.1. The van der Waals surface area contributed by atoms with Crippen molar-refractivity contribution in [2.75, 3.05) is 18.4 Å². The molecule has 0 unspecified atom stereocenters. The van der Waals surface area contributed by atoms with Crippen LogP contribution in [0, 0.1) is 6.92 Å². The fourth-order valence-electron chi connectivity index (χ4n) is 2.08. The normalized spacial score (nSPS) is 11.1. The van der Waals surface area contributed by atoms with Gasteiger partial charge < -0.3 is 16.0 Å². The van der Waals surface area contributed by atoms with E-state index in [9.17, 15) is 4.79 Å². The van der Waals surface area contributed by atoms with Crippen molar-refractivity contribution in [1.82, 2.24) is 15.6 Å². The molecule has 0 aliphatic heterocycles. The molecule has 1 aromatic heterocycles. The molecule has 1 aromatic carbocycles. The predicted molar refractivity (Wildman–Crippen MR) is 105 cm³/mol. The minimum Gasteiger partial charge on any atom is -0.357 e. The summed E-state index contributed by atoms with van der Waals surface area (Å²) in [6.07, 6.45) is 1.74. The van der Waals surface area contributed by atoms with Crippen LogP contribution in [0.25, 0.3) is 0 Å². The number of halogens is 1. The lowest BCUT2D eigenvalue weighted by molar-refractivity contribution is -0.115. The molecule has 3 N–H and O–H groups in total. The second-order valence-electron chi connectivity index (χ2n) is 5.38. The smallest absolute Gasteiger partial charge is 0.243 e. The van der Waals surface area contributed by atoms with Gasteiger partial charge in [0.25, 0.3) is 0 Å². The van der Waals surface area contributed by atoms with E-state index in [0.29, 0.717) is 19.0 Å². The van der Waals surface area contributed by atoms with Crippen molar-refractivity contribution < 1.29 is 4.79 Å². The predicted octanol–water partition coefficient (Wildman–Crippen LogP) is 2.85. The number of carbonyl (C=O) groups is 1. The van der Waals surface area contributed by atoms with Gasteiger partial charge in [0.1, 0.15) is 0 Å². The Labute approximate surface area is 156 Å². The quantitative estimate of drug-likeness (QED) is 0.511. The Morgan fingerprint density at radius 3 is 2.80 bits per heavy atom. The number of hydrogen-bond donors (Lipinski definition) is 3. The zero-order valence-electron chi connectivity index (χ0n) is 14.3. The van der Waals surface area contributed by atoms with E-state index < -0.39 is 0 Å². The van der Waals surface area contributed by atoms with Crippen molar-refractivity contribution in [3.05, 3.63) is 58.3 Å². The number of benzene rings is 1. The summed E-state index contributed by atoms with van der Waals surface area (Å²) < 4.78 is 0.923. The number of guanidine groups is 1. The van der Waals surface area contributed by atoms with Gasteiger partial charge in [-0.2, -0.15) is 0 Å². The van der Waals surface area contributed by atoms with Crippen LogP contribution in [0.1, 0.15) is 18.2 Å². The Morgan fingerprint density at radius 2 is 2.08 bits per heavy atom. The SMILES string of the molecule is CCNC(=NCc1ccccn1)NCC(=O)Nc1cc(Br)ccc1C. The van der Waals surface area contributed by atoms with Gasteiger partial charge in [0.15, 0.2) is 5.96 Å². The van der Waals surface area contributed by atoms with Gasteiger partial charge >= 0.3 is 0 Å². The van der Waals surface area contributed by atoms with Crippen molar-refractivity contribution >= 4 is 33.5 Å². The van der Waals surface area contributed by atoms with Gasteiger partial charge in [-0.1, -0.05) is 28.1 Å². The lowest BCUT2D eigenvalue weighted by Crippen LogP contribution is -2.41. The van der Waals surface area contributed by atoms with Gasteiger partial charge in [-0.05, 0) is 43.7 Å². The summed E-state index contributed by atoms with van der Waals surface area (Å²) in [5.41, 5.74) is 2.66. The average molecular weight is 404 g/mol. The van der Waals surface area contributed by atoms with Gasteiger partial charge in [0.2, 0.25) is 5.91 Å². The topological polar surface area (TPSA) is 78.4 Å². The molecule has 0 aliphatic carbocycles. The molecule has 0 saturated carbocycles. The first kappa shape index (κ1) is 18.9. The number of carbonyl (C=O) groups excluding carboxylic acids is 1. The molecule has 0 fully saturated rings. The van der Waals surface area contributed by atoms with E-state index in [1.165, 1.54) is 0 Å².